The Labute approximate surface area is 55.8 Å². The molecule has 0 aliphatic carbocycles. The van der Waals surface area contributed by atoms with Gasteiger partial charge in [0.05, 0.1) is 6.10 Å². The van der Waals surface area contributed by atoms with E-state index in [1.165, 1.54) is 0 Å². The zero-order chi connectivity index (χ0) is 6.85. The van der Waals surface area contributed by atoms with Crippen molar-refractivity contribution in [3.63, 3.8) is 0 Å². The van der Waals surface area contributed by atoms with Gasteiger partial charge in [-0.05, 0) is 13.3 Å². The number of hydrogen-bond acceptors (Lipinski definition) is 2. The van der Waals surface area contributed by atoms with Crippen molar-refractivity contribution >= 4 is 0 Å². The molecule has 1 fully saturated rings. The fourth-order valence-electron chi connectivity index (χ4n) is 1.09. The molecule has 1 atom stereocenters. The van der Waals surface area contributed by atoms with E-state index >= 15 is 0 Å². The monoisotopic (exact) mass is 127 g/mol. The average Bonchev–Trinajstić information content (AvgIpc) is 2.14. The van der Waals surface area contributed by atoms with Crippen molar-refractivity contribution in [2.45, 2.75) is 19.4 Å². The van der Waals surface area contributed by atoms with Gasteiger partial charge < -0.3 is 10.0 Å². The lowest BCUT2D eigenvalue weighted by Gasteiger charge is -2.16. The first kappa shape index (κ1) is 6.62. The fraction of sp³-hybridized carbons (Fsp3) is 0.714. The number of rotatable bonds is 1. The minimum absolute atomic E-state index is 0.123. The molecule has 9 heavy (non-hydrogen) atoms. The Morgan fingerprint density at radius 2 is 2.44 bits per heavy atom. The molecule has 1 heterocycles. The van der Waals surface area contributed by atoms with Gasteiger partial charge in [0, 0.05) is 18.8 Å². The Kier molecular flexibility index (Phi) is 1.76. The lowest BCUT2D eigenvalue weighted by molar-refractivity contribution is 0.184. The van der Waals surface area contributed by atoms with E-state index in [2.05, 4.69) is 11.5 Å². The molecule has 0 aromatic carbocycles. The molecule has 1 aliphatic heterocycles. The zero-order valence-electron chi connectivity index (χ0n) is 5.80. The van der Waals surface area contributed by atoms with E-state index in [4.69, 9.17) is 5.11 Å². The van der Waals surface area contributed by atoms with Crippen LogP contribution in [0.5, 0.6) is 0 Å². The third-order valence-electron chi connectivity index (χ3n) is 1.70. The third kappa shape index (κ3) is 1.45. The van der Waals surface area contributed by atoms with Gasteiger partial charge in [-0.3, -0.25) is 0 Å². The van der Waals surface area contributed by atoms with Crippen molar-refractivity contribution < 1.29 is 5.11 Å². The first-order valence-corrected chi connectivity index (χ1v) is 3.28. The summed E-state index contributed by atoms with van der Waals surface area (Å²) < 4.78 is 0. The zero-order valence-corrected chi connectivity index (χ0v) is 5.80. The first-order valence-electron chi connectivity index (χ1n) is 3.28. The van der Waals surface area contributed by atoms with Crippen molar-refractivity contribution in [1.29, 1.82) is 0 Å². The summed E-state index contributed by atoms with van der Waals surface area (Å²) >= 11 is 0. The van der Waals surface area contributed by atoms with E-state index in [-0.39, 0.29) is 6.10 Å². The van der Waals surface area contributed by atoms with Crippen LogP contribution in [0.3, 0.4) is 0 Å². The maximum atomic E-state index is 9.07. The summed E-state index contributed by atoms with van der Waals surface area (Å²) in [4.78, 5) is 2.10. The molecule has 52 valence electrons. The Hall–Kier alpha value is -0.500. The number of nitrogens with zero attached hydrogens (tertiary/aromatic N) is 1. The second-order valence-electron chi connectivity index (χ2n) is 2.62. The Bertz CT molecular complexity index is 122. The molecule has 0 spiro atoms. The summed E-state index contributed by atoms with van der Waals surface area (Å²) in [5.74, 6) is 0. The molecule has 1 rings (SSSR count). The van der Waals surface area contributed by atoms with Gasteiger partial charge in [-0.1, -0.05) is 6.58 Å². The maximum Gasteiger partial charge on any atom is 0.0731 e. The highest BCUT2D eigenvalue weighted by Gasteiger charge is 2.18. The molecular weight excluding hydrogens is 114 g/mol. The fourth-order valence-corrected chi connectivity index (χ4v) is 1.09. The SMILES string of the molecule is C=C(C)N1CC[C@@H](O)C1. The predicted molar refractivity (Wildman–Crippen MR) is 37.0 cm³/mol. The predicted octanol–water partition coefficient (Wildman–Crippen LogP) is 0.587. The Morgan fingerprint density at radius 3 is 2.67 bits per heavy atom. The number of likely N-dealkylation sites (tertiary alicyclic amines) is 1. The lowest BCUT2D eigenvalue weighted by Crippen LogP contribution is -2.18. The molecule has 1 aliphatic rings. The van der Waals surface area contributed by atoms with Crippen LogP contribution in [0.4, 0.5) is 0 Å². The van der Waals surface area contributed by atoms with Crippen LogP contribution < -0.4 is 0 Å². The van der Waals surface area contributed by atoms with Crippen LogP contribution in [0.15, 0.2) is 12.3 Å². The first-order chi connectivity index (χ1) is 4.20. The largest absolute Gasteiger partial charge is 0.391 e. The van der Waals surface area contributed by atoms with E-state index < -0.39 is 0 Å². The molecular formula is C7H13NO. The van der Waals surface area contributed by atoms with Crippen LogP contribution in [-0.2, 0) is 0 Å². The van der Waals surface area contributed by atoms with Gasteiger partial charge in [0.15, 0.2) is 0 Å². The van der Waals surface area contributed by atoms with Crippen LogP contribution in [0.2, 0.25) is 0 Å². The van der Waals surface area contributed by atoms with E-state index in [9.17, 15) is 0 Å². The van der Waals surface area contributed by atoms with Crippen LogP contribution in [0, 0.1) is 0 Å². The van der Waals surface area contributed by atoms with Gasteiger partial charge in [0.2, 0.25) is 0 Å². The molecule has 0 saturated carbocycles. The molecule has 0 unspecified atom stereocenters. The maximum absolute atomic E-state index is 9.07. The van der Waals surface area contributed by atoms with Crippen LogP contribution in [-0.4, -0.2) is 29.2 Å². The number of β-amino-alcohol motifs (C(OH)–C–C–N with tert-alkyl or cyclic N) is 1. The summed E-state index contributed by atoms with van der Waals surface area (Å²) in [5, 5.41) is 9.07. The summed E-state index contributed by atoms with van der Waals surface area (Å²) in [6.07, 6.45) is 0.772. The minimum Gasteiger partial charge on any atom is -0.391 e. The summed E-state index contributed by atoms with van der Waals surface area (Å²) in [5.41, 5.74) is 1.06. The molecule has 1 saturated heterocycles. The number of aliphatic hydroxyl groups excluding tert-OH is 1. The van der Waals surface area contributed by atoms with Crippen LogP contribution in [0.1, 0.15) is 13.3 Å². The number of hydrogen-bond donors (Lipinski definition) is 1. The van der Waals surface area contributed by atoms with Gasteiger partial charge >= 0.3 is 0 Å². The van der Waals surface area contributed by atoms with Gasteiger partial charge in [-0.2, -0.15) is 0 Å². The number of aliphatic hydroxyl groups is 1. The highest BCUT2D eigenvalue weighted by atomic mass is 16.3. The van der Waals surface area contributed by atoms with Crippen molar-refractivity contribution in [3.05, 3.63) is 12.3 Å². The summed E-state index contributed by atoms with van der Waals surface area (Å²) in [7, 11) is 0. The van der Waals surface area contributed by atoms with Gasteiger partial charge in [-0.25, -0.2) is 0 Å². The van der Waals surface area contributed by atoms with Gasteiger partial charge in [-0.15, -0.1) is 0 Å². The highest BCUT2D eigenvalue weighted by molar-refractivity contribution is 4.93. The molecule has 0 radical (unpaired) electrons. The molecule has 2 heteroatoms. The molecule has 2 nitrogen and oxygen atoms in total. The molecule has 0 amide bonds. The van der Waals surface area contributed by atoms with Crippen molar-refractivity contribution in [3.8, 4) is 0 Å². The molecule has 0 aromatic heterocycles. The van der Waals surface area contributed by atoms with Gasteiger partial charge in [0.1, 0.15) is 0 Å². The van der Waals surface area contributed by atoms with E-state index in [0.29, 0.717) is 0 Å². The summed E-state index contributed by atoms with van der Waals surface area (Å²) in [6.45, 7) is 7.50. The van der Waals surface area contributed by atoms with E-state index in [1.807, 2.05) is 6.92 Å². The van der Waals surface area contributed by atoms with Crippen molar-refractivity contribution in [1.82, 2.24) is 4.90 Å². The van der Waals surface area contributed by atoms with Crippen molar-refractivity contribution in [2.75, 3.05) is 13.1 Å². The standard InChI is InChI=1S/C7H13NO/c1-6(2)8-4-3-7(9)5-8/h7,9H,1,3-5H2,2H3/t7-/m1/s1. The summed E-state index contributed by atoms with van der Waals surface area (Å²) in [6, 6.07) is 0. The normalized spacial score (nSPS) is 26.9. The molecule has 0 bridgehead atoms. The molecule has 1 N–H and O–H groups in total. The van der Waals surface area contributed by atoms with Crippen LogP contribution >= 0.6 is 0 Å². The number of allylic oxidation sites excluding steroid dienone is 1. The van der Waals surface area contributed by atoms with Gasteiger partial charge in [0.25, 0.3) is 0 Å². The minimum atomic E-state index is -0.123. The Morgan fingerprint density at radius 1 is 1.78 bits per heavy atom. The topological polar surface area (TPSA) is 23.5 Å². The van der Waals surface area contributed by atoms with Crippen LogP contribution in [0.25, 0.3) is 0 Å². The highest BCUT2D eigenvalue weighted by Crippen LogP contribution is 2.12. The van der Waals surface area contributed by atoms with E-state index in [0.717, 1.165) is 25.2 Å². The Balaban J connectivity index is 2.39. The van der Waals surface area contributed by atoms with E-state index in [1.54, 1.807) is 0 Å². The third-order valence-corrected chi connectivity index (χ3v) is 1.70. The molecule has 0 aromatic rings. The van der Waals surface area contributed by atoms with Crippen molar-refractivity contribution in [2.24, 2.45) is 0 Å². The lowest BCUT2D eigenvalue weighted by atomic mass is 10.3. The quantitative estimate of drug-likeness (QED) is 0.557. The smallest absolute Gasteiger partial charge is 0.0731 e. The second-order valence-corrected chi connectivity index (χ2v) is 2.62. The second kappa shape index (κ2) is 2.40. The average molecular weight is 127 g/mol.